The van der Waals surface area contributed by atoms with Crippen molar-refractivity contribution in [3.63, 3.8) is 0 Å². The number of allylic oxidation sites excluding steroid dienone is 1. The van der Waals surface area contributed by atoms with Crippen LogP contribution in [0.2, 0.25) is 0 Å². The van der Waals surface area contributed by atoms with E-state index in [1.807, 2.05) is 6.92 Å². The van der Waals surface area contributed by atoms with Crippen LogP contribution in [-0.2, 0) is 9.53 Å². The lowest BCUT2D eigenvalue weighted by atomic mass is 9.95. The van der Waals surface area contributed by atoms with E-state index < -0.39 is 12.0 Å². The van der Waals surface area contributed by atoms with Gasteiger partial charge in [-0.3, -0.25) is 0 Å². The van der Waals surface area contributed by atoms with Crippen molar-refractivity contribution in [2.45, 2.75) is 39.7 Å². The lowest BCUT2D eigenvalue weighted by molar-refractivity contribution is -0.140. The molecule has 2 unspecified atom stereocenters. The molecule has 0 fully saturated rings. The van der Waals surface area contributed by atoms with Gasteiger partial charge in [-0.15, -0.1) is 0 Å². The number of hydrogen-bond acceptors (Lipinski definition) is 5. The first-order chi connectivity index (χ1) is 12.9. The largest absolute Gasteiger partial charge is 0.462 e. The van der Waals surface area contributed by atoms with Crippen LogP contribution in [0.3, 0.4) is 0 Å². The van der Waals surface area contributed by atoms with Crippen LogP contribution in [0.1, 0.15) is 45.2 Å². The Morgan fingerprint density at radius 3 is 2.78 bits per heavy atom. The van der Waals surface area contributed by atoms with Crippen LogP contribution in [0.4, 0.5) is 4.79 Å². The van der Waals surface area contributed by atoms with Gasteiger partial charge in [0.25, 0.3) is 0 Å². The monoisotopic (exact) mass is 438 g/mol. The summed E-state index contributed by atoms with van der Waals surface area (Å²) in [4.78, 5) is 24.9. The molecule has 2 atom stereocenters. The molecule has 0 saturated carbocycles. The van der Waals surface area contributed by atoms with E-state index in [0.717, 1.165) is 12.8 Å². The number of halogens is 1. The first-order valence-electron chi connectivity index (χ1n) is 8.95. The molecule has 2 aliphatic rings. The second kappa shape index (κ2) is 8.21. The molecule has 0 spiro atoms. The first-order valence-corrected chi connectivity index (χ1v) is 9.74. The topological polar surface area (TPSA) is 85.9 Å². The zero-order valence-electron chi connectivity index (χ0n) is 15.6. The highest BCUT2D eigenvalue weighted by Crippen LogP contribution is 2.41. The lowest BCUT2D eigenvalue weighted by Crippen LogP contribution is -2.45. The van der Waals surface area contributed by atoms with E-state index in [-0.39, 0.29) is 18.7 Å². The molecule has 2 heterocycles. The number of rotatable bonds is 6. The van der Waals surface area contributed by atoms with Crippen molar-refractivity contribution >= 4 is 27.9 Å². The second-order valence-corrected chi connectivity index (χ2v) is 7.64. The molecule has 146 valence electrons. The SMILES string of the molecule is CCCC(C)COC(=O)C1=C(C)NC(=O)NC1c1cc2c(cc1Br)OCO2. The fourth-order valence-corrected chi connectivity index (χ4v) is 3.77. The first kappa shape index (κ1) is 19.5. The maximum absolute atomic E-state index is 12.8. The van der Waals surface area contributed by atoms with E-state index in [4.69, 9.17) is 14.2 Å². The second-order valence-electron chi connectivity index (χ2n) is 6.79. The summed E-state index contributed by atoms with van der Waals surface area (Å²) in [7, 11) is 0. The number of hydrogen-bond donors (Lipinski definition) is 2. The molecule has 2 amide bonds. The lowest BCUT2D eigenvalue weighted by Gasteiger charge is -2.29. The van der Waals surface area contributed by atoms with Crippen molar-refractivity contribution in [1.82, 2.24) is 10.6 Å². The van der Waals surface area contributed by atoms with Crippen LogP contribution in [0.15, 0.2) is 27.9 Å². The van der Waals surface area contributed by atoms with E-state index in [9.17, 15) is 9.59 Å². The predicted molar refractivity (Wildman–Crippen MR) is 102 cm³/mol. The summed E-state index contributed by atoms with van der Waals surface area (Å²) >= 11 is 3.50. The van der Waals surface area contributed by atoms with Crippen molar-refractivity contribution in [2.75, 3.05) is 13.4 Å². The summed E-state index contributed by atoms with van der Waals surface area (Å²) in [5, 5.41) is 5.46. The zero-order valence-corrected chi connectivity index (χ0v) is 17.1. The highest BCUT2D eigenvalue weighted by Gasteiger charge is 2.34. The number of nitrogens with one attached hydrogen (secondary N) is 2. The smallest absolute Gasteiger partial charge is 0.338 e. The molecule has 3 rings (SSSR count). The van der Waals surface area contributed by atoms with Gasteiger partial charge in [-0.05, 0) is 37.0 Å². The van der Waals surface area contributed by atoms with Crippen molar-refractivity contribution in [1.29, 1.82) is 0 Å². The molecule has 0 radical (unpaired) electrons. The average Bonchev–Trinajstić information content (AvgIpc) is 3.05. The van der Waals surface area contributed by atoms with Gasteiger partial charge in [-0.1, -0.05) is 36.2 Å². The molecular formula is C19H23BrN2O5. The third-order valence-electron chi connectivity index (χ3n) is 4.57. The molecule has 27 heavy (non-hydrogen) atoms. The number of fused-ring (bicyclic) bond motifs is 1. The van der Waals surface area contributed by atoms with E-state index in [2.05, 4.69) is 33.5 Å². The Hall–Kier alpha value is -2.22. The summed E-state index contributed by atoms with van der Waals surface area (Å²) in [6.45, 7) is 6.32. The summed E-state index contributed by atoms with van der Waals surface area (Å²) in [5.74, 6) is 1.02. The Balaban J connectivity index is 1.89. The molecule has 0 bridgehead atoms. The van der Waals surface area contributed by atoms with Crippen LogP contribution in [-0.4, -0.2) is 25.4 Å². The van der Waals surface area contributed by atoms with Crippen molar-refractivity contribution in [3.8, 4) is 11.5 Å². The number of amides is 2. The van der Waals surface area contributed by atoms with Gasteiger partial charge in [0.1, 0.15) is 0 Å². The van der Waals surface area contributed by atoms with Gasteiger partial charge < -0.3 is 24.8 Å². The highest BCUT2D eigenvalue weighted by atomic mass is 79.9. The fraction of sp³-hybridized carbons (Fsp3) is 0.474. The molecule has 1 aromatic carbocycles. The van der Waals surface area contributed by atoms with Crippen LogP contribution < -0.4 is 20.1 Å². The predicted octanol–water partition coefficient (Wildman–Crippen LogP) is 3.79. The maximum atomic E-state index is 12.8. The Kier molecular flexibility index (Phi) is 5.94. The molecule has 2 N–H and O–H groups in total. The molecule has 8 heteroatoms. The quantitative estimate of drug-likeness (QED) is 0.659. The summed E-state index contributed by atoms with van der Waals surface area (Å²) in [5.41, 5.74) is 1.54. The number of carbonyl (C=O) groups is 2. The van der Waals surface area contributed by atoms with Gasteiger partial charge in [0.15, 0.2) is 11.5 Å². The van der Waals surface area contributed by atoms with Crippen molar-refractivity contribution < 1.29 is 23.8 Å². The maximum Gasteiger partial charge on any atom is 0.338 e. The molecule has 0 aliphatic carbocycles. The Morgan fingerprint density at radius 1 is 1.37 bits per heavy atom. The highest BCUT2D eigenvalue weighted by molar-refractivity contribution is 9.10. The zero-order chi connectivity index (χ0) is 19.6. The summed E-state index contributed by atoms with van der Waals surface area (Å²) < 4.78 is 17.0. The standard InChI is InChI=1S/C19H23BrN2O5/c1-4-5-10(2)8-25-18(23)16-11(3)21-19(24)22-17(16)12-6-14-15(7-13(12)20)27-9-26-14/h6-7,10,17H,4-5,8-9H2,1-3H3,(H2,21,22,24). The minimum Gasteiger partial charge on any atom is -0.462 e. The van der Waals surface area contributed by atoms with E-state index in [0.29, 0.717) is 39.4 Å². The molecule has 2 aliphatic heterocycles. The molecule has 0 aromatic heterocycles. The molecular weight excluding hydrogens is 416 g/mol. The van der Waals surface area contributed by atoms with Crippen LogP contribution in [0.25, 0.3) is 0 Å². The average molecular weight is 439 g/mol. The Morgan fingerprint density at radius 2 is 2.07 bits per heavy atom. The number of esters is 1. The summed E-state index contributed by atoms with van der Waals surface area (Å²) in [6.07, 6.45) is 2.02. The third-order valence-corrected chi connectivity index (χ3v) is 5.26. The number of ether oxygens (including phenoxy) is 3. The van der Waals surface area contributed by atoms with Gasteiger partial charge >= 0.3 is 12.0 Å². The minimum absolute atomic E-state index is 0.142. The van der Waals surface area contributed by atoms with Crippen molar-refractivity contribution in [2.24, 2.45) is 5.92 Å². The van der Waals surface area contributed by atoms with Crippen LogP contribution >= 0.6 is 15.9 Å². The van der Waals surface area contributed by atoms with Gasteiger partial charge in [0.2, 0.25) is 6.79 Å². The normalized spacial score (nSPS) is 19.4. The van der Waals surface area contributed by atoms with E-state index in [1.165, 1.54) is 0 Å². The van der Waals surface area contributed by atoms with Gasteiger partial charge in [-0.2, -0.15) is 0 Å². The Labute approximate surface area is 166 Å². The molecule has 7 nitrogen and oxygen atoms in total. The Bertz CT molecular complexity index is 793. The van der Waals surface area contributed by atoms with E-state index >= 15 is 0 Å². The molecule has 0 saturated heterocycles. The number of urea groups is 1. The van der Waals surface area contributed by atoms with Crippen LogP contribution in [0.5, 0.6) is 11.5 Å². The van der Waals surface area contributed by atoms with Gasteiger partial charge in [-0.25, -0.2) is 9.59 Å². The number of benzene rings is 1. The third kappa shape index (κ3) is 4.21. The van der Waals surface area contributed by atoms with Gasteiger partial charge in [0.05, 0.1) is 18.2 Å². The fourth-order valence-electron chi connectivity index (χ4n) is 3.22. The summed E-state index contributed by atoms with van der Waals surface area (Å²) in [6, 6.07) is 2.51. The van der Waals surface area contributed by atoms with E-state index in [1.54, 1.807) is 19.1 Å². The van der Waals surface area contributed by atoms with Crippen molar-refractivity contribution in [3.05, 3.63) is 33.4 Å². The number of carbonyl (C=O) groups excluding carboxylic acids is 2. The molecule has 1 aromatic rings. The van der Waals surface area contributed by atoms with Crippen LogP contribution in [0, 0.1) is 5.92 Å². The van der Waals surface area contributed by atoms with Gasteiger partial charge in [0, 0.05) is 10.2 Å². The minimum atomic E-state index is -0.656.